The summed E-state index contributed by atoms with van der Waals surface area (Å²) in [6.07, 6.45) is 5.44. The number of hydrogen-bond donors (Lipinski definition) is 1. The Morgan fingerprint density at radius 3 is 2.76 bits per heavy atom. The van der Waals surface area contributed by atoms with Gasteiger partial charge in [-0.3, -0.25) is 4.79 Å². The van der Waals surface area contributed by atoms with Crippen molar-refractivity contribution in [3.05, 3.63) is 23.9 Å². The first kappa shape index (κ1) is 13.7. The van der Waals surface area contributed by atoms with Crippen LogP contribution in [-0.2, 0) is 0 Å². The fourth-order valence-corrected chi connectivity index (χ4v) is 1.64. The van der Waals surface area contributed by atoms with Crippen molar-refractivity contribution in [2.45, 2.75) is 46.0 Å². The first-order valence-corrected chi connectivity index (χ1v) is 6.52. The van der Waals surface area contributed by atoms with Crippen LogP contribution in [0.4, 0.5) is 5.82 Å². The number of carbonyl (C=O) groups is 1. The quantitative estimate of drug-likeness (QED) is 0.551. The van der Waals surface area contributed by atoms with E-state index in [-0.39, 0.29) is 5.78 Å². The summed E-state index contributed by atoms with van der Waals surface area (Å²) < 4.78 is 0. The minimum atomic E-state index is 0.0969. The number of hydrogen-bond acceptors (Lipinski definition) is 3. The number of nitrogens with zero attached hydrogens (tertiary/aromatic N) is 1. The molecule has 1 N–H and O–H groups in total. The van der Waals surface area contributed by atoms with Gasteiger partial charge in [0.15, 0.2) is 5.78 Å². The molecule has 0 bridgehead atoms. The van der Waals surface area contributed by atoms with E-state index in [9.17, 15) is 4.79 Å². The molecule has 3 heteroatoms. The second-order valence-corrected chi connectivity index (χ2v) is 4.17. The van der Waals surface area contributed by atoms with Crippen LogP contribution in [0.1, 0.15) is 56.4 Å². The molecule has 0 amide bonds. The highest BCUT2D eigenvalue weighted by atomic mass is 16.1. The maximum absolute atomic E-state index is 11.5. The highest BCUT2D eigenvalue weighted by Gasteiger charge is 2.04. The molecule has 17 heavy (non-hydrogen) atoms. The molecule has 3 nitrogen and oxygen atoms in total. The van der Waals surface area contributed by atoms with Gasteiger partial charge in [0.1, 0.15) is 11.5 Å². The van der Waals surface area contributed by atoms with Crippen molar-refractivity contribution in [2.75, 3.05) is 11.9 Å². The number of nitrogens with one attached hydrogen (secondary N) is 1. The van der Waals surface area contributed by atoms with E-state index in [1.165, 1.54) is 19.3 Å². The third-order valence-corrected chi connectivity index (χ3v) is 2.69. The van der Waals surface area contributed by atoms with E-state index in [1.54, 1.807) is 6.07 Å². The normalized spacial score (nSPS) is 10.2. The highest BCUT2D eigenvalue weighted by molar-refractivity contribution is 5.94. The third-order valence-electron chi connectivity index (χ3n) is 2.69. The van der Waals surface area contributed by atoms with Gasteiger partial charge in [-0.1, -0.05) is 39.2 Å². The summed E-state index contributed by atoms with van der Waals surface area (Å²) in [5.41, 5.74) is 0.561. The molecule has 0 fully saturated rings. The maximum Gasteiger partial charge on any atom is 0.180 e. The molecular weight excluding hydrogens is 212 g/mol. The topological polar surface area (TPSA) is 42.0 Å². The van der Waals surface area contributed by atoms with Gasteiger partial charge in [-0.15, -0.1) is 0 Å². The molecule has 1 aromatic rings. The molecule has 0 atom stereocenters. The van der Waals surface area contributed by atoms with Gasteiger partial charge >= 0.3 is 0 Å². The van der Waals surface area contributed by atoms with Crippen molar-refractivity contribution in [2.24, 2.45) is 0 Å². The Morgan fingerprint density at radius 2 is 2.06 bits per heavy atom. The van der Waals surface area contributed by atoms with E-state index >= 15 is 0 Å². The van der Waals surface area contributed by atoms with Crippen LogP contribution in [0.2, 0.25) is 0 Å². The number of Topliss-reactive ketones (excluding diaryl/α,β-unsaturated/α-hetero) is 1. The average molecular weight is 234 g/mol. The van der Waals surface area contributed by atoms with Crippen molar-refractivity contribution in [1.82, 2.24) is 4.98 Å². The van der Waals surface area contributed by atoms with Crippen molar-refractivity contribution in [3.63, 3.8) is 0 Å². The summed E-state index contributed by atoms with van der Waals surface area (Å²) in [7, 11) is 0. The fourth-order valence-electron chi connectivity index (χ4n) is 1.64. The van der Waals surface area contributed by atoms with Gasteiger partial charge in [0, 0.05) is 13.0 Å². The van der Waals surface area contributed by atoms with Crippen LogP contribution in [0.25, 0.3) is 0 Å². The van der Waals surface area contributed by atoms with Crippen molar-refractivity contribution >= 4 is 11.6 Å². The monoisotopic (exact) mass is 234 g/mol. The zero-order valence-corrected chi connectivity index (χ0v) is 10.8. The first-order chi connectivity index (χ1) is 8.27. The van der Waals surface area contributed by atoms with E-state index in [2.05, 4.69) is 17.2 Å². The summed E-state index contributed by atoms with van der Waals surface area (Å²) in [6, 6.07) is 5.56. The molecule has 1 heterocycles. The molecule has 0 aliphatic carbocycles. The van der Waals surface area contributed by atoms with Crippen LogP contribution in [0.3, 0.4) is 0 Å². The average Bonchev–Trinajstić information content (AvgIpc) is 2.38. The predicted molar refractivity (Wildman–Crippen MR) is 71.5 cm³/mol. The van der Waals surface area contributed by atoms with Gasteiger partial charge < -0.3 is 5.32 Å². The van der Waals surface area contributed by atoms with Crippen molar-refractivity contribution in [1.29, 1.82) is 0 Å². The Morgan fingerprint density at radius 1 is 1.24 bits per heavy atom. The van der Waals surface area contributed by atoms with E-state index in [0.29, 0.717) is 12.1 Å². The zero-order valence-electron chi connectivity index (χ0n) is 10.8. The van der Waals surface area contributed by atoms with Crippen molar-refractivity contribution < 1.29 is 4.79 Å². The minimum absolute atomic E-state index is 0.0969. The number of anilines is 1. The molecule has 0 aliphatic rings. The molecule has 0 saturated heterocycles. The van der Waals surface area contributed by atoms with Crippen molar-refractivity contribution in [3.8, 4) is 0 Å². The van der Waals surface area contributed by atoms with Crippen LogP contribution in [0.5, 0.6) is 0 Å². The van der Waals surface area contributed by atoms with Gasteiger partial charge in [-0.2, -0.15) is 0 Å². The number of aromatic nitrogens is 1. The molecule has 0 spiro atoms. The van der Waals surface area contributed by atoms with Crippen LogP contribution >= 0.6 is 0 Å². The smallest absolute Gasteiger partial charge is 0.180 e. The molecule has 0 saturated carbocycles. The largest absolute Gasteiger partial charge is 0.370 e. The van der Waals surface area contributed by atoms with Gasteiger partial charge in [0.25, 0.3) is 0 Å². The molecule has 0 aromatic carbocycles. The highest BCUT2D eigenvalue weighted by Crippen LogP contribution is 2.07. The Labute approximate surface area is 104 Å². The molecule has 0 unspecified atom stereocenters. The number of carbonyl (C=O) groups excluding carboxylic acids is 1. The summed E-state index contributed by atoms with van der Waals surface area (Å²) in [4.78, 5) is 15.8. The SMILES string of the molecule is CCCCCCNc1cccc(C(=O)CC)n1. The summed E-state index contributed by atoms with van der Waals surface area (Å²) in [6.45, 7) is 4.99. The Hall–Kier alpha value is -1.38. The molecule has 0 aliphatic heterocycles. The number of pyridine rings is 1. The summed E-state index contributed by atoms with van der Waals surface area (Å²) in [5.74, 6) is 0.903. The van der Waals surface area contributed by atoms with E-state index in [1.807, 2.05) is 19.1 Å². The standard InChI is InChI=1S/C14H22N2O/c1-3-5-6-7-11-15-14-10-8-9-12(16-14)13(17)4-2/h8-10H,3-7,11H2,1-2H3,(H,15,16). The van der Waals surface area contributed by atoms with E-state index in [4.69, 9.17) is 0 Å². The van der Waals surface area contributed by atoms with Gasteiger partial charge in [0.2, 0.25) is 0 Å². The molecule has 94 valence electrons. The third kappa shape index (κ3) is 4.98. The second-order valence-electron chi connectivity index (χ2n) is 4.17. The minimum Gasteiger partial charge on any atom is -0.370 e. The Kier molecular flexibility index (Phi) is 6.30. The van der Waals surface area contributed by atoms with Crippen LogP contribution in [0, 0.1) is 0 Å². The lowest BCUT2D eigenvalue weighted by atomic mass is 10.2. The second kappa shape index (κ2) is 7.82. The lowest BCUT2D eigenvalue weighted by molar-refractivity contribution is 0.0983. The molecule has 1 rings (SSSR count). The Bertz CT molecular complexity index is 350. The van der Waals surface area contributed by atoms with E-state index < -0.39 is 0 Å². The number of ketones is 1. The van der Waals surface area contributed by atoms with E-state index in [0.717, 1.165) is 18.8 Å². The zero-order chi connectivity index (χ0) is 12.5. The fraction of sp³-hybridized carbons (Fsp3) is 0.571. The molecule has 1 aromatic heterocycles. The first-order valence-electron chi connectivity index (χ1n) is 6.52. The van der Waals surface area contributed by atoms with Gasteiger partial charge in [-0.05, 0) is 18.6 Å². The van der Waals surface area contributed by atoms with Crippen LogP contribution in [0.15, 0.2) is 18.2 Å². The maximum atomic E-state index is 11.5. The Balaban J connectivity index is 2.40. The van der Waals surface area contributed by atoms with Crippen LogP contribution in [-0.4, -0.2) is 17.3 Å². The lowest BCUT2D eigenvalue weighted by Gasteiger charge is -2.06. The summed E-state index contributed by atoms with van der Waals surface area (Å²) in [5, 5.41) is 3.26. The number of unbranched alkanes of at least 4 members (excludes halogenated alkanes) is 3. The molecule has 0 radical (unpaired) electrons. The predicted octanol–water partition coefficient (Wildman–Crippen LogP) is 3.67. The van der Waals surface area contributed by atoms with Gasteiger partial charge in [0.05, 0.1) is 0 Å². The lowest BCUT2D eigenvalue weighted by Crippen LogP contribution is -2.06. The summed E-state index contributed by atoms with van der Waals surface area (Å²) >= 11 is 0. The van der Waals surface area contributed by atoms with Gasteiger partial charge in [-0.25, -0.2) is 4.98 Å². The number of rotatable bonds is 8. The molecular formula is C14H22N2O. The van der Waals surface area contributed by atoms with Crippen LogP contribution < -0.4 is 5.32 Å².